The fourth-order valence-electron chi connectivity index (χ4n) is 1.49. The number of hydrogen-bond donors (Lipinski definition) is 0. The number of carbonyl (C=O) groups excluding carboxylic acids is 1. The largest absolute Gasteiger partial charge is 0.465 e. The second-order valence-electron chi connectivity index (χ2n) is 3.87. The molecule has 0 bridgehead atoms. The first-order valence-electron chi connectivity index (χ1n) is 6.17. The molecule has 0 saturated heterocycles. The summed E-state index contributed by atoms with van der Waals surface area (Å²) in [5.41, 5.74) is 1.18. The monoisotopic (exact) mass is 232 g/mol. The summed E-state index contributed by atoms with van der Waals surface area (Å²) in [6.07, 6.45) is 7.18. The standard InChI is InChI=1S/C15H20O2/c1-2-3-4-8-13-17-15(16)12-11-14-9-6-5-7-10-14/h3-7,9-10H,2,8,11-13H2,1H3/b4-3-. The lowest BCUT2D eigenvalue weighted by Gasteiger charge is -2.03. The van der Waals surface area contributed by atoms with Crippen molar-refractivity contribution in [2.24, 2.45) is 0 Å². The van der Waals surface area contributed by atoms with Gasteiger partial charge >= 0.3 is 5.97 Å². The van der Waals surface area contributed by atoms with Crippen LogP contribution in [-0.2, 0) is 16.0 Å². The van der Waals surface area contributed by atoms with Gasteiger partial charge in [-0.05, 0) is 24.8 Å². The number of benzene rings is 1. The van der Waals surface area contributed by atoms with Gasteiger partial charge in [0.25, 0.3) is 0 Å². The first-order chi connectivity index (χ1) is 8.33. The van der Waals surface area contributed by atoms with Crippen molar-refractivity contribution in [3.8, 4) is 0 Å². The summed E-state index contributed by atoms with van der Waals surface area (Å²) in [7, 11) is 0. The predicted molar refractivity (Wildman–Crippen MR) is 69.8 cm³/mol. The molecule has 0 saturated carbocycles. The molecule has 0 aliphatic heterocycles. The molecule has 0 aliphatic carbocycles. The van der Waals surface area contributed by atoms with Gasteiger partial charge in [0.1, 0.15) is 0 Å². The molecule has 17 heavy (non-hydrogen) atoms. The van der Waals surface area contributed by atoms with Crippen LogP contribution in [0.25, 0.3) is 0 Å². The third-order valence-corrected chi connectivity index (χ3v) is 2.41. The van der Waals surface area contributed by atoms with E-state index in [1.165, 1.54) is 5.56 Å². The van der Waals surface area contributed by atoms with Crippen molar-refractivity contribution in [1.29, 1.82) is 0 Å². The molecule has 0 unspecified atom stereocenters. The van der Waals surface area contributed by atoms with Crippen molar-refractivity contribution in [1.82, 2.24) is 0 Å². The number of allylic oxidation sites excluding steroid dienone is 1. The zero-order chi connectivity index (χ0) is 12.3. The van der Waals surface area contributed by atoms with Crippen molar-refractivity contribution in [3.63, 3.8) is 0 Å². The highest BCUT2D eigenvalue weighted by Gasteiger charge is 2.02. The van der Waals surface area contributed by atoms with E-state index >= 15 is 0 Å². The Hall–Kier alpha value is -1.57. The summed E-state index contributed by atoms with van der Waals surface area (Å²) in [4.78, 5) is 11.4. The third-order valence-electron chi connectivity index (χ3n) is 2.41. The zero-order valence-corrected chi connectivity index (χ0v) is 10.4. The molecule has 1 aromatic rings. The molecule has 0 aromatic heterocycles. The van der Waals surface area contributed by atoms with Crippen LogP contribution in [0.4, 0.5) is 0 Å². The molecule has 0 atom stereocenters. The molecule has 2 nitrogen and oxygen atoms in total. The second kappa shape index (κ2) is 8.57. The SMILES string of the molecule is CC/C=C\CCOC(=O)CCc1ccccc1. The number of aryl methyl sites for hydroxylation is 1. The first kappa shape index (κ1) is 13.5. The predicted octanol–water partition coefficient (Wildman–Crippen LogP) is 3.52. The number of carbonyl (C=O) groups is 1. The van der Waals surface area contributed by atoms with E-state index in [9.17, 15) is 4.79 Å². The Morgan fingerprint density at radius 3 is 2.71 bits per heavy atom. The van der Waals surface area contributed by atoms with Crippen molar-refractivity contribution in [3.05, 3.63) is 48.0 Å². The van der Waals surface area contributed by atoms with Gasteiger partial charge in [0, 0.05) is 6.42 Å². The van der Waals surface area contributed by atoms with E-state index in [0.717, 1.165) is 19.3 Å². The maximum Gasteiger partial charge on any atom is 0.306 e. The molecule has 2 heteroatoms. The molecular weight excluding hydrogens is 212 g/mol. The van der Waals surface area contributed by atoms with Crippen LogP contribution in [0.2, 0.25) is 0 Å². The van der Waals surface area contributed by atoms with Crippen LogP contribution in [0.15, 0.2) is 42.5 Å². The van der Waals surface area contributed by atoms with E-state index in [-0.39, 0.29) is 5.97 Å². The minimum Gasteiger partial charge on any atom is -0.465 e. The van der Waals surface area contributed by atoms with Crippen molar-refractivity contribution in [2.75, 3.05) is 6.61 Å². The average molecular weight is 232 g/mol. The molecule has 1 rings (SSSR count). The lowest BCUT2D eigenvalue weighted by molar-refractivity contribution is -0.143. The zero-order valence-electron chi connectivity index (χ0n) is 10.4. The highest BCUT2D eigenvalue weighted by atomic mass is 16.5. The highest BCUT2D eigenvalue weighted by molar-refractivity contribution is 5.69. The van der Waals surface area contributed by atoms with Crippen molar-refractivity contribution >= 4 is 5.97 Å². The molecule has 0 amide bonds. The van der Waals surface area contributed by atoms with E-state index < -0.39 is 0 Å². The normalized spacial score (nSPS) is 10.6. The van der Waals surface area contributed by atoms with Crippen LogP contribution in [0.5, 0.6) is 0 Å². The van der Waals surface area contributed by atoms with E-state index in [2.05, 4.69) is 13.0 Å². The Balaban J connectivity index is 2.11. The molecule has 92 valence electrons. The van der Waals surface area contributed by atoms with Gasteiger partial charge in [-0.25, -0.2) is 0 Å². The molecule has 0 heterocycles. The van der Waals surface area contributed by atoms with Gasteiger partial charge in [0.2, 0.25) is 0 Å². The Morgan fingerprint density at radius 1 is 1.24 bits per heavy atom. The smallest absolute Gasteiger partial charge is 0.306 e. The van der Waals surface area contributed by atoms with Crippen molar-refractivity contribution < 1.29 is 9.53 Å². The summed E-state index contributed by atoms with van der Waals surface area (Å²) in [5, 5.41) is 0. The van der Waals surface area contributed by atoms with Gasteiger partial charge in [-0.2, -0.15) is 0 Å². The third kappa shape index (κ3) is 6.56. The van der Waals surface area contributed by atoms with Crippen LogP contribution in [0.1, 0.15) is 31.7 Å². The van der Waals surface area contributed by atoms with E-state index in [1.807, 2.05) is 36.4 Å². The fraction of sp³-hybridized carbons (Fsp3) is 0.400. The summed E-state index contributed by atoms with van der Waals surface area (Å²) in [5.74, 6) is -0.112. The molecule has 0 radical (unpaired) electrons. The molecule has 1 aromatic carbocycles. The van der Waals surface area contributed by atoms with Crippen LogP contribution in [-0.4, -0.2) is 12.6 Å². The number of rotatable bonds is 7. The number of hydrogen-bond acceptors (Lipinski definition) is 2. The maximum atomic E-state index is 11.4. The summed E-state index contributed by atoms with van der Waals surface area (Å²) in [6, 6.07) is 9.99. The van der Waals surface area contributed by atoms with Gasteiger partial charge in [-0.3, -0.25) is 4.79 Å². The van der Waals surface area contributed by atoms with E-state index in [0.29, 0.717) is 13.0 Å². The van der Waals surface area contributed by atoms with Gasteiger partial charge in [-0.1, -0.05) is 49.4 Å². The molecule has 0 spiro atoms. The van der Waals surface area contributed by atoms with E-state index in [4.69, 9.17) is 4.74 Å². The summed E-state index contributed by atoms with van der Waals surface area (Å²) in [6.45, 7) is 2.58. The van der Waals surface area contributed by atoms with Crippen LogP contribution in [0.3, 0.4) is 0 Å². The number of ether oxygens (including phenoxy) is 1. The molecule has 0 fully saturated rings. The number of esters is 1. The lowest BCUT2D eigenvalue weighted by atomic mass is 10.1. The minimum absolute atomic E-state index is 0.112. The van der Waals surface area contributed by atoms with Crippen LogP contribution in [0, 0.1) is 0 Å². The average Bonchev–Trinajstić information content (AvgIpc) is 2.37. The summed E-state index contributed by atoms with van der Waals surface area (Å²) < 4.78 is 5.12. The van der Waals surface area contributed by atoms with Crippen molar-refractivity contribution in [2.45, 2.75) is 32.6 Å². The molecular formula is C15H20O2. The van der Waals surface area contributed by atoms with Crippen LogP contribution < -0.4 is 0 Å². The summed E-state index contributed by atoms with van der Waals surface area (Å²) >= 11 is 0. The van der Waals surface area contributed by atoms with Gasteiger partial charge in [0.15, 0.2) is 0 Å². The Kier molecular flexibility index (Phi) is 6.80. The van der Waals surface area contributed by atoms with Gasteiger partial charge < -0.3 is 4.74 Å². The first-order valence-corrected chi connectivity index (χ1v) is 6.17. The van der Waals surface area contributed by atoms with Gasteiger partial charge in [-0.15, -0.1) is 0 Å². The Morgan fingerprint density at radius 2 is 2.00 bits per heavy atom. The second-order valence-corrected chi connectivity index (χ2v) is 3.87. The quantitative estimate of drug-likeness (QED) is 0.408. The fourth-order valence-corrected chi connectivity index (χ4v) is 1.49. The maximum absolute atomic E-state index is 11.4. The Bertz CT molecular complexity index is 341. The molecule has 0 N–H and O–H groups in total. The minimum atomic E-state index is -0.112. The lowest BCUT2D eigenvalue weighted by Crippen LogP contribution is -2.06. The van der Waals surface area contributed by atoms with E-state index in [1.54, 1.807) is 0 Å². The topological polar surface area (TPSA) is 26.3 Å². The highest BCUT2D eigenvalue weighted by Crippen LogP contribution is 2.03. The Labute approximate surface area is 103 Å². The molecule has 0 aliphatic rings. The van der Waals surface area contributed by atoms with Gasteiger partial charge in [0.05, 0.1) is 6.61 Å². The van der Waals surface area contributed by atoms with Crippen LogP contribution >= 0.6 is 0 Å².